The molecule has 0 aromatic carbocycles. The Morgan fingerprint density at radius 1 is 0.286 bits per heavy atom. The quantitative estimate of drug-likeness (QED) is 0.140. The topological polar surface area (TPSA) is 114 Å². The number of imidazole rings is 1. The Balaban J connectivity index is -0.0000000518. The van der Waals surface area contributed by atoms with Gasteiger partial charge in [-0.05, 0) is 75.1 Å². The van der Waals surface area contributed by atoms with Crippen LogP contribution in [0, 0.1) is 59.2 Å². The van der Waals surface area contributed by atoms with Crippen molar-refractivity contribution in [3.8, 4) is 0 Å². The molecule has 0 aliphatic carbocycles. The van der Waals surface area contributed by atoms with E-state index in [0.29, 0.717) is 0 Å². The number of oxazole rings is 1. The Morgan fingerprint density at radius 2 is 0.659 bits per heavy atom. The van der Waals surface area contributed by atoms with Gasteiger partial charge in [-0.3, -0.25) is 4.98 Å². The van der Waals surface area contributed by atoms with E-state index >= 15 is 0 Å². The van der Waals surface area contributed by atoms with E-state index in [1.54, 1.807) is 82.3 Å². The number of thiazole rings is 1. The highest BCUT2D eigenvalue weighted by atomic mass is 32.1. The maximum atomic E-state index is 4.75. The van der Waals surface area contributed by atoms with Crippen molar-refractivity contribution in [2.24, 2.45) is 144 Å². The van der Waals surface area contributed by atoms with Crippen molar-refractivity contribution in [2.45, 2.75) is 346 Å². The molecule has 0 spiro atoms. The van der Waals surface area contributed by atoms with Gasteiger partial charge in [0.1, 0.15) is 58.3 Å². The van der Waals surface area contributed by atoms with Crippen LogP contribution in [0.4, 0.5) is 0 Å². The number of hydrogen-bond donors (Lipinski definition) is 0. The standard InChI is InChI=1S/C6H8N.2C5H9N2.3C5H7N2.2C4H6NO.2C4H6NS.10C4H10.10C2H6/c1-7-5-3-2-4-6-7;1-6-3-4-7(2)5-6;1-6-4-3-5-7(6)2;1-7-4-2-6-3-5-7;1-7-4-2-3-6-5-7;1-7-5-3-2-4-6-7;1-5-2-3-6-4-5;1-5-3-2-4-6-5;1-5-2-3-6-4-5;1-5-3-2-4-6-5;10*1-4(2)3;10*1-2/h2-6H,1H3;2*3-5H,1-2H3;3*2-5H,1H3;4*2-4H,1H3;10*4H,1-3H3;10*1-2H3/q10*+1;;;;;;;;;;;;;;;;;;;;. The highest BCUT2D eigenvalue weighted by Gasteiger charge is 1.91. The molecule has 0 fully saturated rings. The number of pyridine rings is 1. The zero-order chi connectivity index (χ0) is 104. The number of hydrogen-bond acceptors (Lipinski definition) is 7. The van der Waals surface area contributed by atoms with Crippen molar-refractivity contribution in [2.75, 3.05) is 0 Å². The number of aryl methyl sites for hydroxylation is 12. The molecule has 0 aliphatic heterocycles. The third-order valence-corrected chi connectivity index (χ3v) is 9.01. The SMILES string of the molecule is CC.CC.CC.CC.CC.CC.CC.CC.CC.CC.CC(C)C.CC(C)C.CC(C)C.CC(C)C.CC(C)C.CC(C)C.CC(C)C.CC(C)C.CC(C)C.CC(C)C.C[n+]1ccccc1.C[n+]1ccccn1.C[n+]1cccnc1.C[n+]1ccco1.C[n+]1cccs1.C[n+]1ccncc1.C[n+]1ccoc1.C[n+]1ccsc1.Cn1cc[n+](C)c1.Cn1ccc[n+]1C. The van der Waals surface area contributed by atoms with Gasteiger partial charge in [-0.2, -0.15) is 13.8 Å². The van der Waals surface area contributed by atoms with Crippen LogP contribution in [0.2, 0.25) is 0 Å². The van der Waals surface area contributed by atoms with Crippen molar-refractivity contribution in [1.82, 2.24) is 24.3 Å². The molecule has 748 valence electrons. The van der Waals surface area contributed by atoms with Crippen molar-refractivity contribution in [3.63, 3.8) is 0 Å². The maximum Gasteiger partial charge on any atom is 0.334 e. The summed E-state index contributed by atoms with van der Waals surface area (Å²) < 4.78 is 32.5. The first kappa shape index (κ1) is 169. The van der Waals surface area contributed by atoms with E-state index in [0.717, 1.165) is 59.2 Å². The lowest BCUT2D eigenvalue weighted by Crippen LogP contribution is -2.35. The summed E-state index contributed by atoms with van der Waals surface area (Å²) in [6, 6.07) is 17.6. The van der Waals surface area contributed by atoms with Gasteiger partial charge in [0.15, 0.2) is 90.3 Å². The minimum absolute atomic E-state index is 0.833. The zero-order valence-electron chi connectivity index (χ0n) is 96.3. The van der Waals surface area contributed by atoms with Crippen LogP contribution < -0.4 is 45.5 Å². The fourth-order valence-electron chi connectivity index (χ4n) is 4.00. The summed E-state index contributed by atoms with van der Waals surface area (Å²) >= 11 is 3.40. The molecule has 0 amide bonds. The first-order valence-electron chi connectivity index (χ1n) is 47.7. The van der Waals surface area contributed by atoms with Crippen LogP contribution in [0.3, 0.4) is 0 Å². The van der Waals surface area contributed by atoms with Gasteiger partial charge in [0, 0.05) is 42.5 Å². The highest BCUT2D eigenvalue weighted by molar-refractivity contribution is 7.07. The van der Waals surface area contributed by atoms with E-state index in [1.165, 1.54) is 0 Å². The fraction of sp³-hybridized carbons (Fsp3) is 0.673. The minimum Gasteiger partial charge on any atom is -0.412 e. The largest absolute Gasteiger partial charge is 0.412 e. The second kappa shape index (κ2) is 158. The molecule has 0 saturated carbocycles. The lowest BCUT2D eigenvalue weighted by molar-refractivity contribution is -0.845. The van der Waals surface area contributed by atoms with Crippen LogP contribution in [0.5, 0.6) is 0 Å². The van der Waals surface area contributed by atoms with Gasteiger partial charge >= 0.3 is 6.39 Å². The van der Waals surface area contributed by atoms with Crippen LogP contribution in [0.25, 0.3) is 0 Å². The third kappa shape index (κ3) is 304. The molecule has 19 heteroatoms. The summed E-state index contributed by atoms with van der Waals surface area (Å²) in [6.07, 6.45) is 42.9. The molecule has 0 bridgehead atoms. The van der Waals surface area contributed by atoms with E-state index in [2.05, 4.69) is 227 Å². The molecule has 17 nitrogen and oxygen atoms in total. The van der Waals surface area contributed by atoms with E-state index in [4.69, 9.17) is 4.52 Å². The lowest BCUT2D eigenvalue weighted by atomic mass is 10.3. The van der Waals surface area contributed by atoms with Gasteiger partial charge < -0.3 is 4.42 Å². The van der Waals surface area contributed by atoms with Gasteiger partial charge in [-0.15, -0.1) is 8.64 Å². The van der Waals surface area contributed by atoms with Crippen LogP contribution in [0.15, 0.2) is 223 Å². The normalized spacial score (nSPS) is 8.00. The van der Waals surface area contributed by atoms with Crippen molar-refractivity contribution < 1.29 is 54.4 Å². The summed E-state index contributed by atoms with van der Waals surface area (Å²) in [7, 11) is 23.6. The molecular formula is C107H231N15O2S2+10. The zero-order valence-corrected chi connectivity index (χ0v) is 98.0. The van der Waals surface area contributed by atoms with Crippen molar-refractivity contribution >= 4 is 22.9 Å². The number of rotatable bonds is 0. The summed E-state index contributed by atoms with van der Waals surface area (Å²) in [5.74, 6) is 8.33. The number of nitrogens with zero attached hydrogens (tertiary/aromatic N) is 15. The molecule has 0 atom stereocenters. The summed E-state index contributed by atoms with van der Waals surface area (Å²) in [4.78, 5) is 7.67. The Morgan fingerprint density at radius 3 is 0.770 bits per heavy atom. The van der Waals surface area contributed by atoms with Crippen molar-refractivity contribution in [1.29, 1.82) is 0 Å². The molecule has 0 aliphatic rings. The van der Waals surface area contributed by atoms with Gasteiger partial charge in [-0.25, -0.2) is 27.4 Å². The van der Waals surface area contributed by atoms with E-state index in [1.807, 2.05) is 432 Å². The summed E-state index contributed by atoms with van der Waals surface area (Å²) in [5, 5.41) is 7.98. The minimum atomic E-state index is 0.833. The van der Waals surface area contributed by atoms with Crippen LogP contribution in [0.1, 0.15) is 346 Å². The fourth-order valence-corrected chi connectivity index (χ4v) is 5.06. The van der Waals surface area contributed by atoms with Crippen LogP contribution in [-0.2, 0) is 84.6 Å². The molecule has 126 heavy (non-hydrogen) atoms. The van der Waals surface area contributed by atoms with Gasteiger partial charge in [-0.1, -0.05) is 373 Å². The molecule has 10 aromatic heterocycles. The summed E-state index contributed by atoms with van der Waals surface area (Å²) in [5.41, 5.74) is 2.04. The predicted molar refractivity (Wildman–Crippen MR) is 566 cm³/mol. The Kier molecular flexibility index (Phi) is 211. The maximum absolute atomic E-state index is 4.75. The smallest absolute Gasteiger partial charge is 0.334 e. The molecule has 0 unspecified atom stereocenters. The average Bonchev–Trinajstić information content (AvgIpc) is 1.82. The Bertz CT molecular complexity index is 2590. The Labute approximate surface area is 800 Å². The van der Waals surface area contributed by atoms with Crippen LogP contribution >= 0.6 is 22.9 Å². The average molecular weight is 1820 g/mol. The Hall–Kier alpha value is -7.51. The molecule has 10 rings (SSSR count). The van der Waals surface area contributed by atoms with Gasteiger partial charge in [0.05, 0.1) is 69.9 Å². The highest BCUT2D eigenvalue weighted by Crippen LogP contribution is 1.87. The molecule has 0 saturated heterocycles. The predicted octanol–water partition coefficient (Wildman–Crippen LogP) is 28.2. The summed E-state index contributed by atoms with van der Waals surface area (Å²) in [6.45, 7) is 105. The van der Waals surface area contributed by atoms with E-state index < -0.39 is 0 Å². The molecule has 0 radical (unpaired) electrons. The van der Waals surface area contributed by atoms with Gasteiger partial charge in [0.25, 0.3) is 6.33 Å². The second-order valence-corrected chi connectivity index (χ2v) is 32.9. The lowest BCUT2D eigenvalue weighted by Gasteiger charge is -1.82. The monoisotopic (exact) mass is 1820 g/mol. The van der Waals surface area contributed by atoms with Crippen LogP contribution in [-0.4, -0.2) is 24.3 Å². The molecule has 0 N–H and O–H groups in total. The van der Waals surface area contributed by atoms with Crippen molar-refractivity contribution in [3.05, 3.63) is 214 Å². The van der Waals surface area contributed by atoms with E-state index in [9.17, 15) is 0 Å². The first-order chi connectivity index (χ1) is 59.1. The van der Waals surface area contributed by atoms with Gasteiger partial charge in [0.2, 0.25) is 24.2 Å². The second-order valence-electron chi connectivity index (χ2n) is 31.1. The molecular weight excluding hydrogens is 1590 g/mol. The number of aromatic nitrogens is 15. The first-order valence-corrected chi connectivity index (χ1v) is 49.5. The molecule has 10 aromatic rings. The van der Waals surface area contributed by atoms with E-state index in [-0.39, 0.29) is 0 Å². The molecule has 10 heterocycles. The third-order valence-electron chi connectivity index (χ3n) is 7.54.